The van der Waals surface area contributed by atoms with Crippen LogP contribution in [0, 0.1) is 0 Å². The highest BCUT2D eigenvalue weighted by Crippen LogP contribution is 2.28. The SMILES string of the molecule is c1cc(NC2CCNCC2)c2sccc2n1. The lowest BCUT2D eigenvalue weighted by Gasteiger charge is -2.24. The number of hydrogen-bond acceptors (Lipinski definition) is 4. The Morgan fingerprint density at radius 1 is 1.31 bits per heavy atom. The summed E-state index contributed by atoms with van der Waals surface area (Å²) in [4.78, 5) is 4.35. The van der Waals surface area contributed by atoms with Crippen molar-refractivity contribution in [3.8, 4) is 0 Å². The first-order valence-electron chi connectivity index (χ1n) is 5.73. The van der Waals surface area contributed by atoms with Crippen molar-refractivity contribution in [1.82, 2.24) is 10.3 Å². The molecule has 0 spiro atoms. The number of nitrogens with zero attached hydrogens (tertiary/aromatic N) is 1. The van der Waals surface area contributed by atoms with Crippen molar-refractivity contribution in [3.05, 3.63) is 23.7 Å². The van der Waals surface area contributed by atoms with Gasteiger partial charge in [0.2, 0.25) is 0 Å². The van der Waals surface area contributed by atoms with Crippen LogP contribution >= 0.6 is 11.3 Å². The second kappa shape index (κ2) is 4.39. The summed E-state index contributed by atoms with van der Waals surface area (Å²) in [6.45, 7) is 2.24. The van der Waals surface area contributed by atoms with Gasteiger partial charge in [-0.25, -0.2) is 0 Å². The van der Waals surface area contributed by atoms with Crippen molar-refractivity contribution in [3.63, 3.8) is 0 Å². The fourth-order valence-corrected chi connectivity index (χ4v) is 3.00. The molecule has 3 rings (SSSR count). The first-order chi connectivity index (χ1) is 7.93. The van der Waals surface area contributed by atoms with Crippen molar-refractivity contribution in [1.29, 1.82) is 0 Å². The number of pyridine rings is 1. The van der Waals surface area contributed by atoms with Crippen molar-refractivity contribution in [2.45, 2.75) is 18.9 Å². The van der Waals surface area contributed by atoms with Gasteiger partial charge in [0.05, 0.1) is 15.9 Å². The molecule has 0 amide bonds. The molecule has 4 heteroatoms. The van der Waals surface area contributed by atoms with Gasteiger partial charge in [-0.1, -0.05) is 0 Å². The van der Waals surface area contributed by atoms with Crippen molar-refractivity contribution < 1.29 is 0 Å². The predicted molar refractivity (Wildman–Crippen MR) is 69.1 cm³/mol. The molecule has 2 aromatic heterocycles. The Labute approximate surface area is 98.9 Å². The zero-order valence-electron chi connectivity index (χ0n) is 9.07. The minimum Gasteiger partial charge on any atom is -0.381 e. The van der Waals surface area contributed by atoms with Crippen LogP contribution in [0.25, 0.3) is 10.2 Å². The zero-order chi connectivity index (χ0) is 10.8. The van der Waals surface area contributed by atoms with E-state index in [1.165, 1.54) is 23.2 Å². The number of thiophene rings is 1. The van der Waals surface area contributed by atoms with Gasteiger partial charge in [0, 0.05) is 12.2 Å². The van der Waals surface area contributed by atoms with Gasteiger partial charge in [-0.15, -0.1) is 11.3 Å². The molecular formula is C12H15N3S. The molecule has 0 bridgehead atoms. The van der Waals surface area contributed by atoms with E-state index in [2.05, 4.69) is 33.1 Å². The maximum Gasteiger partial charge on any atom is 0.0830 e. The van der Waals surface area contributed by atoms with Gasteiger partial charge < -0.3 is 10.6 Å². The van der Waals surface area contributed by atoms with Crippen LogP contribution in [0.4, 0.5) is 5.69 Å². The van der Waals surface area contributed by atoms with E-state index in [4.69, 9.17) is 0 Å². The summed E-state index contributed by atoms with van der Waals surface area (Å²) < 4.78 is 1.28. The van der Waals surface area contributed by atoms with E-state index in [1.807, 2.05) is 6.20 Å². The average molecular weight is 233 g/mol. The van der Waals surface area contributed by atoms with Gasteiger partial charge >= 0.3 is 0 Å². The van der Waals surface area contributed by atoms with Crippen LogP contribution in [0.15, 0.2) is 23.7 Å². The molecule has 1 fully saturated rings. The summed E-state index contributed by atoms with van der Waals surface area (Å²) in [5.41, 5.74) is 2.34. The lowest BCUT2D eigenvalue weighted by molar-refractivity contribution is 0.479. The second-order valence-corrected chi connectivity index (χ2v) is 5.08. The Balaban J connectivity index is 1.85. The Morgan fingerprint density at radius 3 is 3.06 bits per heavy atom. The molecule has 84 valence electrons. The second-order valence-electron chi connectivity index (χ2n) is 4.16. The van der Waals surface area contributed by atoms with Gasteiger partial charge in [-0.3, -0.25) is 4.98 Å². The molecule has 3 heterocycles. The van der Waals surface area contributed by atoms with Gasteiger partial charge in [0.15, 0.2) is 0 Å². The molecule has 3 nitrogen and oxygen atoms in total. The summed E-state index contributed by atoms with van der Waals surface area (Å²) >= 11 is 1.76. The number of anilines is 1. The van der Waals surface area contributed by atoms with Gasteiger partial charge in [0.1, 0.15) is 0 Å². The van der Waals surface area contributed by atoms with E-state index in [0.717, 1.165) is 18.6 Å². The third-order valence-electron chi connectivity index (χ3n) is 3.04. The number of piperidine rings is 1. The minimum atomic E-state index is 0.606. The fourth-order valence-electron chi connectivity index (χ4n) is 2.17. The molecule has 1 saturated heterocycles. The molecule has 0 atom stereocenters. The molecule has 0 saturated carbocycles. The quantitative estimate of drug-likeness (QED) is 0.836. The van der Waals surface area contributed by atoms with Crippen molar-refractivity contribution >= 4 is 27.2 Å². The zero-order valence-corrected chi connectivity index (χ0v) is 9.89. The monoisotopic (exact) mass is 233 g/mol. The van der Waals surface area contributed by atoms with Gasteiger partial charge in [0.25, 0.3) is 0 Å². The number of hydrogen-bond donors (Lipinski definition) is 2. The molecule has 16 heavy (non-hydrogen) atoms. The Kier molecular flexibility index (Phi) is 2.76. The third-order valence-corrected chi connectivity index (χ3v) is 3.98. The Morgan fingerprint density at radius 2 is 2.19 bits per heavy atom. The summed E-state index contributed by atoms with van der Waals surface area (Å²) in [6.07, 6.45) is 4.29. The first kappa shape index (κ1) is 10.1. The lowest BCUT2D eigenvalue weighted by atomic mass is 10.1. The van der Waals surface area contributed by atoms with Gasteiger partial charge in [-0.05, 0) is 43.4 Å². The van der Waals surface area contributed by atoms with Crippen molar-refractivity contribution in [2.75, 3.05) is 18.4 Å². The van der Waals surface area contributed by atoms with E-state index in [-0.39, 0.29) is 0 Å². The number of fused-ring (bicyclic) bond motifs is 1. The molecule has 0 unspecified atom stereocenters. The first-order valence-corrected chi connectivity index (χ1v) is 6.61. The molecule has 1 aliphatic heterocycles. The highest BCUT2D eigenvalue weighted by Gasteiger charge is 2.13. The number of aromatic nitrogens is 1. The maximum atomic E-state index is 4.35. The van der Waals surface area contributed by atoms with E-state index >= 15 is 0 Å². The molecule has 0 aromatic carbocycles. The smallest absolute Gasteiger partial charge is 0.0830 e. The van der Waals surface area contributed by atoms with Crippen LogP contribution in [0.2, 0.25) is 0 Å². The molecule has 0 aliphatic carbocycles. The molecular weight excluding hydrogens is 218 g/mol. The van der Waals surface area contributed by atoms with Gasteiger partial charge in [-0.2, -0.15) is 0 Å². The summed E-state index contributed by atoms with van der Waals surface area (Å²) in [6, 6.07) is 4.77. The van der Waals surface area contributed by atoms with Crippen LogP contribution < -0.4 is 10.6 Å². The van der Waals surface area contributed by atoms with Crippen LogP contribution in [0.3, 0.4) is 0 Å². The summed E-state index contributed by atoms with van der Waals surface area (Å²) in [5, 5.41) is 9.13. The molecule has 2 aromatic rings. The largest absolute Gasteiger partial charge is 0.381 e. The number of nitrogens with one attached hydrogen (secondary N) is 2. The minimum absolute atomic E-state index is 0.606. The summed E-state index contributed by atoms with van der Waals surface area (Å²) in [7, 11) is 0. The van der Waals surface area contributed by atoms with Crippen LogP contribution in [-0.2, 0) is 0 Å². The lowest BCUT2D eigenvalue weighted by Crippen LogP contribution is -2.35. The molecule has 1 aliphatic rings. The molecule has 0 radical (unpaired) electrons. The van der Waals surface area contributed by atoms with Crippen molar-refractivity contribution in [2.24, 2.45) is 0 Å². The topological polar surface area (TPSA) is 37.0 Å². The normalized spacial score (nSPS) is 17.8. The third kappa shape index (κ3) is 1.90. The summed E-state index contributed by atoms with van der Waals surface area (Å²) in [5.74, 6) is 0. The maximum absolute atomic E-state index is 4.35. The standard InChI is InChI=1S/C12H15N3S/c1-5-13-6-2-9(1)15-11-3-7-14-10-4-8-16-12(10)11/h3-4,7-9,13H,1-2,5-6H2,(H,14,15). The Hall–Kier alpha value is -1.13. The highest BCUT2D eigenvalue weighted by atomic mass is 32.1. The van der Waals surface area contributed by atoms with E-state index in [0.29, 0.717) is 6.04 Å². The van der Waals surface area contributed by atoms with E-state index < -0.39 is 0 Å². The van der Waals surface area contributed by atoms with Crippen LogP contribution in [0.1, 0.15) is 12.8 Å². The fraction of sp³-hybridized carbons (Fsp3) is 0.417. The molecule has 2 N–H and O–H groups in total. The average Bonchev–Trinajstić information content (AvgIpc) is 2.80. The number of rotatable bonds is 2. The van der Waals surface area contributed by atoms with Crippen LogP contribution in [-0.4, -0.2) is 24.1 Å². The predicted octanol–water partition coefficient (Wildman–Crippen LogP) is 2.46. The van der Waals surface area contributed by atoms with Crippen LogP contribution in [0.5, 0.6) is 0 Å². The highest BCUT2D eigenvalue weighted by molar-refractivity contribution is 7.17. The van der Waals surface area contributed by atoms with E-state index in [1.54, 1.807) is 11.3 Å². The Bertz CT molecular complexity index is 474. The van der Waals surface area contributed by atoms with E-state index in [9.17, 15) is 0 Å².